The number of aryl methyl sites for hydroxylation is 2. The first-order valence-electron chi connectivity index (χ1n) is 4.85. The first kappa shape index (κ1) is 14.7. The molecule has 0 spiro atoms. The maximum absolute atomic E-state index is 11.2. The van der Waals surface area contributed by atoms with Crippen molar-refractivity contribution in [1.82, 2.24) is 0 Å². The van der Waals surface area contributed by atoms with Crippen LogP contribution in [0.5, 0.6) is 0 Å². The Kier molecular flexibility index (Phi) is 4.38. The Hall–Kier alpha value is -0.390. The van der Waals surface area contributed by atoms with Crippen LogP contribution in [-0.2, 0) is 10.1 Å². The fraction of sp³-hybridized carbons (Fsp3) is 0.167. The van der Waals surface area contributed by atoms with Gasteiger partial charge < -0.3 is 4.55 Å². The molecule has 0 N–H and O–H groups in total. The zero-order valence-electron chi connectivity index (χ0n) is 10.0. The summed E-state index contributed by atoms with van der Waals surface area (Å²) >= 11 is 0. The molecule has 17 heavy (non-hydrogen) atoms. The quantitative estimate of drug-likeness (QED) is 0.505. The van der Waals surface area contributed by atoms with Crippen molar-refractivity contribution in [2.45, 2.75) is 18.7 Å². The molecule has 2 aromatic rings. The molecule has 0 amide bonds. The average Bonchev–Trinajstić information content (AvgIpc) is 2.16. The van der Waals surface area contributed by atoms with Gasteiger partial charge in [0, 0.05) is 0 Å². The van der Waals surface area contributed by atoms with Crippen LogP contribution in [0.2, 0.25) is 0 Å². The van der Waals surface area contributed by atoms with Crippen molar-refractivity contribution in [1.29, 1.82) is 0 Å². The molecule has 0 heterocycles. The van der Waals surface area contributed by atoms with Crippen molar-refractivity contribution in [3.05, 3.63) is 41.5 Å². The molecule has 0 fully saturated rings. The van der Waals surface area contributed by atoms with Gasteiger partial charge in [0.1, 0.15) is 10.1 Å². The molecule has 0 aliphatic rings. The number of hydrogen-bond donors (Lipinski definition) is 0. The summed E-state index contributed by atoms with van der Waals surface area (Å²) in [5.41, 5.74) is 1.70. The number of rotatable bonds is 1. The van der Waals surface area contributed by atoms with Gasteiger partial charge in [-0.2, -0.15) is 0 Å². The summed E-state index contributed by atoms with van der Waals surface area (Å²) in [5, 5.41) is 1.28. The van der Waals surface area contributed by atoms with Crippen molar-refractivity contribution in [2.24, 2.45) is 0 Å². The molecule has 0 unspecified atom stereocenters. The third kappa shape index (κ3) is 3.09. The zero-order chi connectivity index (χ0) is 11.9. The molecule has 0 saturated carbocycles. The van der Waals surface area contributed by atoms with Crippen LogP contribution < -0.4 is 29.6 Å². The fourth-order valence-electron chi connectivity index (χ4n) is 1.79. The summed E-state index contributed by atoms with van der Waals surface area (Å²) in [5.74, 6) is 0. The fourth-order valence-corrected chi connectivity index (χ4v) is 2.56. The van der Waals surface area contributed by atoms with E-state index in [1.807, 2.05) is 25.1 Å². The van der Waals surface area contributed by atoms with Gasteiger partial charge in [-0.25, -0.2) is 8.42 Å². The van der Waals surface area contributed by atoms with Crippen molar-refractivity contribution in [3.8, 4) is 0 Å². The first-order valence-corrected chi connectivity index (χ1v) is 6.26. The summed E-state index contributed by atoms with van der Waals surface area (Å²) < 4.78 is 33.5. The monoisotopic (exact) mass is 258 g/mol. The van der Waals surface area contributed by atoms with Gasteiger partial charge >= 0.3 is 29.6 Å². The minimum atomic E-state index is -4.42. The second kappa shape index (κ2) is 5.08. The molecular weight excluding hydrogens is 247 g/mol. The maximum atomic E-state index is 11.2. The van der Waals surface area contributed by atoms with Gasteiger partial charge in [-0.3, -0.25) is 0 Å². The van der Waals surface area contributed by atoms with Crippen molar-refractivity contribution in [2.75, 3.05) is 0 Å². The molecule has 2 aromatic carbocycles. The third-order valence-corrected chi connectivity index (χ3v) is 3.36. The molecule has 84 valence electrons. The van der Waals surface area contributed by atoms with E-state index in [2.05, 4.69) is 0 Å². The third-order valence-electron chi connectivity index (χ3n) is 2.49. The molecule has 0 atom stereocenters. The zero-order valence-corrected chi connectivity index (χ0v) is 12.8. The Balaban J connectivity index is 0.00000144. The molecule has 0 saturated heterocycles. The minimum Gasteiger partial charge on any atom is -0.744 e. The number of fused-ring (bicyclic) bond motifs is 1. The largest absolute Gasteiger partial charge is 1.00 e. The van der Waals surface area contributed by atoms with Crippen LogP contribution >= 0.6 is 0 Å². The van der Waals surface area contributed by atoms with E-state index in [9.17, 15) is 13.0 Å². The van der Waals surface area contributed by atoms with E-state index < -0.39 is 10.1 Å². The van der Waals surface area contributed by atoms with E-state index in [0.29, 0.717) is 5.39 Å². The molecular formula is C12H11NaO3S. The van der Waals surface area contributed by atoms with Crippen LogP contribution in [0.3, 0.4) is 0 Å². The van der Waals surface area contributed by atoms with Crippen molar-refractivity contribution < 1.29 is 42.5 Å². The van der Waals surface area contributed by atoms with Crippen molar-refractivity contribution >= 4 is 20.9 Å². The van der Waals surface area contributed by atoms with Crippen LogP contribution in [0.25, 0.3) is 10.8 Å². The second-order valence-corrected chi connectivity index (χ2v) is 5.29. The van der Waals surface area contributed by atoms with E-state index in [1.54, 1.807) is 13.0 Å². The molecule has 0 aliphatic carbocycles. The topological polar surface area (TPSA) is 57.2 Å². The van der Waals surface area contributed by atoms with Gasteiger partial charge in [-0.1, -0.05) is 29.8 Å². The van der Waals surface area contributed by atoms with E-state index in [4.69, 9.17) is 0 Å². The summed E-state index contributed by atoms with van der Waals surface area (Å²) in [6.07, 6.45) is 0. The normalized spacial score (nSPS) is 11.2. The Morgan fingerprint density at radius 1 is 1.00 bits per heavy atom. The maximum Gasteiger partial charge on any atom is 1.00 e. The minimum absolute atomic E-state index is 0. The molecule has 3 nitrogen and oxygen atoms in total. The van der Waals surface area contributed by atoms with Crippen LogP contribution in [0.15, 0.2) is 35.2 Å². The first-order chi connectivity index (χ1) is 7.38. The van der Waals surface area contributed by atoms with Crippen LogP contribution in [0, 0.1) is 13.8 Å². The van der Waals surface area contributed by atoms with Gasteiger partial charge in [0.25, 0.3) is 0 Å². The van der Waals surface area contributed by atoms with E-state index in [0.717, 1.165) is 16.5 Å². The average molecular weight is 258 g/mol. The summed E-state index contributed by atoms with van der Waals surface area (Å²) in [6.45, 7) is 3.63. The SMILES string of the molecule is Cc1cc(S(=O)(=O)[O-])c2cc(C)ccc2c1.[Na+]. The Labute approximate surface area is 123 Å². The van der Waals surface area contributed by atoms with E-state index >= 15 is 0 Å². The summed E-state index contributed by atoms with van der Waals surface area (Å²) in [4.78, 5) is -0.133. The van der Waals surface area contributed by atoms with Crippen LogP contribution in [0.1, 0.15) is 11.1 Å². The van der Waals surface area contributed by atoms with E-state index in [-0.39, 0.29) is 34.5 Å². The van der Waals surface area contributed by atoms with Crippen LogP contribution in [0.4, 0.5) is 0 Å². The predicted molar refractivity (Wildman–Crippen MR) is 61.4 cm³/mol. The summed E-state index contributed by atoms with van der Waals surface area (Å²) in [7, 11) is -4.42. The molecule has 5 heteroatoms. The smallest absolute Gasteiger partial charge is 0.744 e. The Morgan fingerprint density at radius 2 is 1.65 bits per heavy atom. The molecule has 0 bridgehead atoms. The van der Waals surface area contributed by atoms with Gasteiger partial charge in [-0.05, 0) is 36.2 Å². The van der Waals surface area contributed by atoms with Gasteiger partial charge in [0.05, 0.1) is 4.90 Å². The Bertz CT molecular complexity index is 663. The van der Waals surface area contributed by atoms with Gasteiger partial charge in [0.15, 0.2) is 0 Å². The van der Waals surface area contributed by atoms with Crippen molar-refractivity contribution in [3.63, 3.8) is 0 Å². The molecule has 0 radical (unpaired) electrons. The molecule has 2 rings (SSSR count). The summed E-state index contributed by atoms with van der Waals surface area (Å²) in [6, 6.07) is 8.72. The molecule has 0 aliphatic heterocycles. The molecule has 0 aromatic heterocycles. The van der Waals surface area contributed by atoms with Crippen LogP contribution in [-0.4, -0.2) is 13.0 Å². The number of hydrogen-bond acceptors (Lipinski definition) is 3. The predicted octanol–water partition coefficient (Wildman–Crippen LogP) is -0.635. The van der Waals surface area contributed by atoms with E-state index in [1.165, 1.54) is 6.07 Å². The van der Waals surface area contributed by atoms with Gasteiger partial charge in [0.2, 0.25) is 0 Å². The van der Waals surface area contributed by atoms with Gasteiger partial charge in [-0.15, -0.1) is 0 Å². The number of benzene rings is 2. The second-order valence-electron chi connectivity index (χ2n) is 3.94. The Morgan fingerprint density at radius 3 is 2.24 bits per heavy atom. The standard InChI is InChI=1S/C12H12O3S.Na/c1-8-3-4-10-5-9(2)7-12(11(10)6-8)16(13,14)15;/h3-7H,1-2H3,(H,13,14,15);/q;+1/p-1.